The Hall–Kier alpha value is -2.27. The van der Waals surface area contributed by atoms with Crippen molar-refractivity contribution in [2.75, 3.05) is 6.54 Å². The Morgan fingerprint density at radius 1 is 1.32 bits per heavy atom. The van der Waals surface area contributed by atoms with Crippen LogP contribution in [-0.2, 0) is 11.4 Å². The van der Waals surface area contributed by atoms with Gasteiger partial charge < -0.3 is 4.74 Å². The lowest BCUT2D eigenvalue weighted by Crippen LogP contribution is -2.27. The maximum atomic E-state index is 12.2. The molecule has 0 bridgehead atoms. The minimum atomic E-state index is -0.307. The molecule has 2 aromatic rings. The number of carbonyl (C=O) groups excluding carboxylic acids is 2. The molecule has 0 radical (unpaired) electrons. The van der Waals surface area contributed by atoms with E-state index in [0.29, 0.717) is 37.8 Å². The number of carbonyl (C=O) groups is 2. The smallest absolute Gasteiger partial charge is 0.293 e. The van der Waals surface area contributed by atoms with Crippen molar-refractivity contribution < 1.29 is 14.3 Å². The van der Waals surface area contributed by atoms with Crippen molar-refractivity contribution in [3.63, 3.8) is 0 Å². The van der Waals surface area contributed by atoms with Crippen molar-refractivity contribution in [2.45, 2.75) is 13.5 Å². The predicted octanol–water partition coefficient (Wildman–Crippen LogP) is 5.61. The van der Waals surface area contributed by atoms with Gasteiger partial charge in [-0.1, -0.05) is 29.8 Å². The van der Waals surface area contributed by atoms with E-state index < -0.39 is 0 Å². The SMILES string of the molecule is CCN1C(=O)S/C(=C/c2cc(Cl)c(OCc3ccccc3C#N)c(Br)c2)C1=O. The molecule has 8 heteroatoms. The average molecular weight is 478 g/mol. The molecule has 5 nitrogen and oxygen atoms in total. The monoisotopic (exact) mass is 476 g/mol. The molecule has 28 heavy (non-hydrogen) atoms. The van der Waals surface area contributed by atoms with Gasteiger partial charge in [0.15, 0.2) is 5.75 Å². The molecule has 0 aromatic heterocycles. The van der Waals surface area contributed by atoms with Crippen LogP contribution in [0, 0.1) is 11.3 Å². The van der Waals surface area contributed by atoms with E-state index >= 15 is 0 Å². The zero-order chi connectivity index (χ0) is 20.3. The lowest BCUT2D eigenvalue weighted by atomic mass is 10.1. The summed E-state index contributed by atoms with van der Waals surface area (Å²) in [5.74, 6) is 0.131. The Morgan fingerprint density at radius 3 is 2.71 bits per heavy atom. The number of amides is 2. The maximum absolute atomic E-state index is 12.2. The average Bonchev–Trinajstić information content (AvgIpc) is 2.94. The third-order valence-electron chi connectivity index (χ3n) is 4.02. The molecule has 1 saturated heterocycles. The zero-order valence-electron chi connectivity index (χ0n) is 14.7. The van der Waals surface area contributed by atoms with E-state index in [1.807, 2.05) is 12.1 Å². The second-order valence-electron chi connectivity index (χ2n) is 5.80. The van der Waals surface area contributed by atoms with Gasteiger partial charge in [0.05, 0.1) is 26.0 Å². The van der Waals surface area contributed by atoms with Crippen LogP contribution in [0.4, 0.5) is 4.79 Å². The number of hydrogen-bond acceptors (Lipinski definition) is 5. The van der Waals surface area contributed by atoms with Gasteiger partial charge in [0, 0.05) is 12.1 Å². The van der Waals surface area contributed by atoms with Gasteiger partial charge in [0.1, 0.15) is 6.61 Å². The van der Waals surface area contributed by atoms with Crippen LogP contribution < -0.4 is 4.74 Å². The van der Waals surface area contributed by atoms with Crippen LogP contribution in [0.15, 0.2) is 45.8 Å². The summed E-state index contributed by atoms with van der Waals surface area (Å²) in [4.78, 5) is 25.6. The molecule has 1 aliphatic heterocycles. The van der Waals surface area contributed by atoms with Gasteiger partial charge in [0.25, 0.3) is 11.1 Å². The number of thioether (sulfide) groups is 1. The summed E-state index contributed by atoms with van der Waals surface area (Å²) in [7, 11) is 0. The minimum Gasteiger partial charge on any atom is -0.486 e. The highest BCUT2D eigenvalue weighted by Crippen LogP contribution is 2.38. The Kier molecular flexibility index (Phi) is 6.45. The van der Waals surface area contributed by atoms with Crippen molar-refractivity contribution in [1.29, 1.82) is 5.26 Å². The highest BCUT2D eigenvalue weighted by atomic mass is 79.9. The van der Waals surface area contributed by atoms with Crippen molar-refractivity contribution in [1.82, 2.24) is 4.90 Å². The Morgan fingerprint density at radius 2 is 2.07 bits per heavy atom. The number of ether oxygens (including phenoxy) is 1. The van der Waals surface area contributed by atoms with Crippen LogP contribution in [0.5, 0.6) is 5.75 Å². The molecule has 0 spiro atoms. The lowest BCUT2D eigenvalue weighted by Gasteiger charge is -2.12. The van der Waals surface area contributed by atoms with E-state index in [0.717, 1.165) is 17.3 Å². The zero-order valence-corrected chi connectivity index (χ0v) is 17.9. The van der Waals surface area contributed by atoms with Crippen LogP contribution in [0.2, 0.25) is 5.02 Å². The maximum Gasteiger partial charge on any atom is 0.293 e. The molecule has 142 valence electrons. The first-order valence-electron chi connectivity index (χ1n) is 8.29. The summed E-state index contributed by atoms with van der Waals surface area (Å²) in [5.41, 5.74) is 1.96. The molecule has 0 unspecified atom stereocenters. The molecule has 0 atom stereocenters. The molecule has 2 aromatic carbocycles. The second kappa shape index (κ2) is 8.82. The van der Waals surface area contributed by atoms with Crippen molar-refractivity contribution >= 4 is 56.5 Å². The van der Waals surface area contributed by atoms with Crippen LogP contribution >= 0.6 is 39.3 Å². The Bertz CT molecular complexity index is 1010. The van der Waals surface area contributed by atoms with Crippen molar-refractivity contribution in [3.05, 3.63) is 67.5 Å². The van der Waals surface area contributed by atoms with E-state index in [1.165, 1.54) is 4.90 Å². The van der Waals surface area contributed by atoms with E-state index in [9.17, 15) is 9.59 Å². The number of halogens is 2. The van der Waals surface area contributed by atoms with E-state index in [4.69, 9.17) is 21.6 Å². The summed E-state index contributed by atoms with van der Waals surface area (Å²) < 4.78 is 6.42. The second-order valence-corrected chi connectivity index (χ2v) is 8.05. The van der Waals surface area contributed by atoms with Crippen molar-refractivity contribution in [2.24, 2.45) is 0 Å². The molecule has 0 N–H and O–H groups in total. The van der Waals surface area contributed by atoms with Gasteiger partial charge in [-0.25, -0.2) is 0 Å². The van der Waals surface area contributed by atoms with Crippen LogP contribution in [0.1, 0.15) is 23.6 Å². The molecule has 2 amide bonds. The summed E-state index contributed by atoms with van der Waals surface area (Å²) in [6.45, 7) is 2.28. The topological polar surface area (TPSA) is 70.4 Å². The molecule has 3 rings (SSSR count). The fourth-order valence-electron chi connectivity index (χ4n) is 2.63. The summed E-state index contributed by atoms with van der Waals surface area (Å²) in [6, 6.07) is 12.7. The van der Waals surface area contributed by atoms with Crippen LogP contribution in [0.3, 0.4) is 0 Å². The fourth-order valence-corrected chi connectivity index (χ4v) is 4.52. The van der Waals surface area contributed by atoms with Gasteiger partial charge in [-0.2, -0.15) is 5.26 Å². The van der Waals surface area contributed by atoms with E-state index in [-0.39, 0.29) is 17.8 Å². The quantitative estimate of drug-likeness (QED) is 0.524. The van der Waals surface area contributed by atoms with Gasteiger partial charge in [0.2, 0.25) is 0 Å². The molecular weight excluding hydrogens is 464 g/mol. The highest BCUT2D eigenvalue weighted by molar-refractivity contribution is 9.10. The number of benzene rings is 2. The highest BCUT2D eigenvalue weighted by Gasteiger charge is 2.33. The number of likely N-dealkylation sites (N-methyl/N-ethyl adjacent to an activating group) is 1. The summed E-state index contributed by atoms with van der Waals surface area (Å²) in [5, 5.41) is 9.24. The van der Waals surface area contributed by atoms with E-state index in [2.05, 4.69) is 22.0 Å². The largest absolute Gasteiger partial charge is 0.486 e. The lowest BCUT2D eigenvalue weighted by molar-refractivity contribution is -0.122. The number of nitriles is 1. The number of rotatable bonds is 5. The molecule has 0 saturated carbocycles. The Balaban J connectivity index is 1.82. The first-order valence-corrected chi connectivity index (χ1v) is 10.3. The van der Waals surface area contributed by atoms with Crippen LogP contribution in [0.25, 0.3) is 6.08 Å². The van der Waals surface area contributed by atoms with Gasteiger partial charge >= 0.3 is 0 Å². The normalized spacial score (nSPS) is 15.2. The summed E-state index contributed by atoms with van der Waals surface area (Å²) >= 11 is 10.7. The minimum absolute atomic E-state index is 0.191. The predicted molar refractivity (Wildman–Crippen MR) is 113 cm³/mol. The van der Waals surface area contributed by atoms with Crippen molar-refractivity contribution in [3.8, 4) is 11.8 Å². The number of imide groups is 1. The molecule has 1 heterocycles. The first kappa shape index (κ1) is 20.5. The Labute approximate surface area is 180 Å². The third kappa shape index (κ3) is 4.25. The van der Waals surface area contributed by atoms with Crippen LogP contribution in [-0.4, -0.2) is 22.6 Å². The number of nitrogens with zero attached hydrogens (tertiary/aromatic N) is 2. The summed E-state index contributed by atoms with van der Waals surface area (Å²) in [6.07, 6.45) is 1.63. The van der Waals surface area contributed by atoms with Gasteiger partial charge in [-0.05, 0) is 64.5 Å². The fraction of sp³-hybridized carbons (Fsp3) is 0.150. The third-order valence-corrected chi connectivity index (χ3v) is 5.80. The number of hydrogen-bond donors (Lipinski definition) is 0. The standard InChI is InChI=1S/C20H14BrClN2O3S/c1-2-24-19(25)17(28-20(24)26)9-12-7-15(21)18(16(22)8-12)27-11-14-6-4-3-5-13(14)10-23/h3-9H,2,11H2,1H3/b17-9+. The molecule has 1 aliphatic rings. The molecular formula is C20H14BrClN2O3S. The van der Waals surface area contributed by atoms with Gasteiger partial charge in [-0.3, -0.25) is 14.5 Å². The van der Waals surface area contributed by atoms with Gasteiger partial charge in [-0.15, -0.1) is 0 Å². The molecule has 0 aliphatic carbocycles. The molecule has 1 fully saturated rings. The first-order chi connectivity index (χ1) is 13.4. The van der Waals surface area contributed by atoms with E-state index in [1.54, 1.807) is 37.3 Å².